The average Bonchev–Trinajstić information content (AvgIpc) is 3.20. The lowest BCUT2D eigenvalue weighted by Gasteiger charge is -2.50. The highest BCUT2D eigenvalue weighted by atomic mass is 32.2. The Kier molecular flexibility index (Phi) is 4.75. The number of piperidine rings is 1. The number of aryl methyl sites for hydroxylation is 1. The van der Waals surface area contributed by atoms with E-state index >= 15 is 0 Å². The highest BCUT2D eigenvalue weighted by Crippen LogP contribution is 2.52. The van der Waals surface area contributed by atoms with Crippen molar-refractivity contribution in [2.75, 3.05) is 26.5 Å². The summed E-state index contributed by atoms with van der Waals surface area (Å²) >= 11 is 0. The van der Waals surface area contributed by atoms with Gasteiger partial charge in [0.2, 0.25) is 15.7 Å². The van der Waals surface area contributed by atoms with E-state index in [9.17, 15) is 8.42 Å². The van der Waals surface area contributed by atoms with Crippen molar-refractivity contribution in [1.82, 2.24) is 9.31 Å². The Morgan fingerprint density at radius 3 is 2.48 bits per heavy atom. The number of benzene rings is 2. The minimum atomic E-state index is -3.24. The number of ether oxygens (including phenoxy) is 2. The number of hydrazone groups is 1. The molecule has 3 aliphatic heterocycles. The van der Waals surface area contributed by atoms with Crippen molar-refractivity contribution in [1.29, 1.82) is 0 Å². The zero-order valence-corrected chi connectivity index (χ0v) is 18.9. The maximum absolute atomic E-state index is 12.1. The molecule has 0 aromatic heterocycles. The van der Waals surface area contributed by atoms with Gasteiger partial charge in [0.15, 0.2) is 11.5 Å². The number of rotatable bonds is 3. The van der Waals surface area contributed by atoms with E-state index in [1.165, 1.54) is 16.1 Å². The molecule has 2 aromatic rings. The molecule has 0 amide bonds. The van der Waals surface area contributed by atoms with E-state index in [1.54, 1.807) is 7.11 Å². The smallest absolute Gasteiger partial charge is 0.211 e. The Bertz CT molecular complexity index is 1140. The normalized spacial score (nSPS) is 22.5. The van der Waals surface area contributed by atoms with Crippen LogP contribution in [0.25, 0.3) is 0 Å². The van der Waals surface area contributed by atoms with Crippen molar-refractivity contribution >= 4 is 15.7 Å². The van der Waals surface area contributed by atoms with E-state index in [1.807, 2.05) is 12.1 Å². The summed E-state index contributed by atoms with van der Waals surface area (Å²) in [4.78, 5) is 0. The molecule has 0 aliphatic carbocycles. The van der Waals surface area contributed by atoms with Crippen LogP contribution in [0, 0.1) is 6.92 Å². The van der Waals surface area contributed by atoms with Crippen LogP contribution in [0.5, 0.6) is 11.5 Å². The second kappa shape index (κ2) is 7.24. The first-order chi connectivity index (χ1) is 14.8. The van der Waals surface area contributed by atoms with E-state index in [0.29, 0.717) is 31.7 Å². The summed E-state index contributed by atoms with van der Waals surface area (Å²) in [6, 6.07) is 14.4. The Morgan fingerprint density at radius 2 is 1.84 bits per heavy atom. The molecule has 8 heteroatoms. The third-order valence-corrected chi connectivity index (χ3v) is 7.87. The summed E-state index contributed by atoms with van der Waals surface area (Å²) in [6.07, 6.45) is 3.11. The van der Waals surface area contributed by atoms with Crippen LogP contribution in [0.2, 0.25) is 0 Å². The lowest BCUT2D eigenvalue weighted by molar-refractivity contribution is -0.144. The molecule has 7 nitrogen and oxygen atoms in total. The van der Waals surface area contributed by atoms with E-state index in [-0.39, 0.29) is 6.04 Å². The van der Waals surface area contributed by atoms with Crippen LogP contribution in [-0.2, 0) is 10.0 Å². The second-order valence-electron chi connectivity index (χ2n) is 8.57. The predicted octanol–water partition coefficient (Wildman–Crippen LogP) is 3.30. The lowest BCUT2D eigenvalue weighted by atomic mass is 9.91. The summed E-state index contributed by atoms with van der Waals surface area (Å²) < 4.78 is 37.9. The molecular formula is C23H27N3O4S. The van der Waals surface area contributed by atoms with Crippen LogP contribution in [0.1, 0.15) is 42.0 Å². The first kappa shape index (κ1) is 20.3. The third kappa shape index (κ3) is 3.38. The molecular weight excluding hydrogens is 414 g/mol. The Balaban J connectivity index is 1.57. The molecule has 1 spiro atoms. The van der Waals surface area contributed by atoms with Crippen molar-refractivity contribution in [3.05, 3.63) is 59.2 Å². The fourth-order valence-electron chi connectivity index (χ4n) is 4.85. The second-order valence-corrected chi connectivity index (χ2v) is 10.5. The molecule has 0 unspecified atom stereocenters. The number of hydrogen-bond donors (Lipinski definition) is 0. The monoisotopic (exact) mass is 441 g/mol. The van der Waals surface area contributed by atoms with Crippen molar-refractivity contribution in [3.8, 4) is 11.5 Å². The van der Waals surface area contributed by atoms with Gasteiger partial charge in [-0.1, -0.05) is 42.0 Å². The molecule has 31 heavy (non-hydrogen) atoms. The summed E-state index contributed by atoms with van der Waals surface area (Å²) in [5.41, 5.74) is 3.70. The van der Waals surface area contributed by atoms with Crippen LogP contribution in [-0.4, -0.2) is 55.6 Å². The zero-order valence-electron chi connectivity index (χ0n) is 18.0. The zero-order chi connectivity index (χ0) is 21.8. The van der Waals surface area contributed by atoms with Crippen molar-refractivity contribution < 1.29 is 17.9 Å². The van der Waals surface area contributed by atoms with Gasteiger partial charge in [0.25, 0.3) is 0 Å². The SMILES string of the molecule is COc1cccc2c1OC1(CCN(S(C)(=O)=O)CC1)N1N=C(c3ccc(C)cc3)C[C@@H]21. The molecule has 5 rings (SSSR count). The van der Waals surface area contributed by atoms with E-state index < -0.39 is 15.7 Å². The Morgan fingerprint density at radius 1 is 1.13 bits per heavy atom. The standard InChI is InChI=1S/C23H27N3O4S/c1-16-7-9-17(10-8-16)19-15-20-18-5-4-6-21(29-2)22(18)30-23(26(20)24-19)11-13-25(14-12-23)31(3,27)28/h4-10,20H,11-15H2,1-3H3/t20-/m0/s1. The van der Waals surface area contributed by atoms with Crippen LogP contribution in [0.15, 0.2) is 47.6 Å². The van der Waals surface area contributed by atoms with Gasteiger partial charge in [-0.05, 0) is 18.6 Å². The maximum Gasteiger partial charge on any atom is 0.211 e. The number of nitrogens with zero attached hydrogens (tertiary/aromatic N) is 3. The molecule has 0 radical (unpaired) electrons. The van der Waals surface area contributed by atoms with Gasteiger partial charge in [-0.15, -0.1) is 0 Å². The molecule has 1 saturated heterocycles. The predicted molar refractivity (Wildman–Crippen MR) is 119 cm³/mol. The largest absolute Gasteiger partial charge is 0.493 e. The van der Waals surface area contributed by atoms with Gasteiger partial charge in [0.05, 0.1) is 25.1 Å². The van der Waals surface area contributed by atoms with E-state index in [0.717, 1.165) is 29.0 Å². The quantitative estimate of drug-likeness (QED) is 0.731. The Labute approximate surface area is 183 Å². The number of hydrogen-bond acceptors (Lipinski definition) is 6. The van der Waals surface area contributed by atoms with Gasteiger partial charge in [-0.2, -0.15) is 5.10 Å². The fourth-order valence-corrected chi connectivity index (χ4v) is 5.69. The average molecular weight is 442 g/mol. The number of sulfonamides is 1. The first-order valence-electron chi connectivity index (χ1n) is 10.6. The van der Waals surface area contributed by atoms with E-state index in [4.69, 9.17) is 14.6 Å². The van der Waals surface area contributed by atoms with Gasteiger partial charge >= 0.3 is 0 Å². The minimum absolute atomic E-state index is 0.0277. The molecule has 1 fully saturated rings. The van der Waals surface area contributed by atoms with Gasteiger partial charge in [0.1, 0.15) is 0 Å². The van der Waals surface area contributed by atoms with Gasteiger partial charge < -0.3 is 9.47 Å². The molecule has 0 saturated carbocycles. The van der Waals surface area contributed by atoms with Gasteiger partial charge in [0, 0.05) is 37.9 Å². The number of methoxy groups -OCH3 is 1. The maximum atomic E-state index is 12.1. The fraction of sp³-hybridized carbons (Fsp3) is 0.435. The van der Waals surface area contributed by atoms with Crippen molar-refractivity contribution in [2.45, 2.75) is 38.0 Å². The number of fused-ring (bicyclic) bond motifs is 4. The van der Waals surface area contributed by atoms with Crippen LogP contribution in [0.4, 0.5) is 0 Å². The van der Waals surface area contributed by atoms with Gasteiger partial charge in [-0.3, -0.25) is 0 Å². The minimum Gasteiger partial charge on any atom is -0.493 e. The van der Waals surface area contributed by atoms with Crippen LogP contribution >= 0.6 is 0 Å². The van der Waals surface area contributed by atoms with Gasteiger partial charge in [-0.25, -0.2) is 17.7 Å². The highest BCUT2D eigenvalue weighted by Gasteiger charge is 2.53. The molecule has 3 heterocycles. The summed E-state index contributed by atoms with van der Waals surface area (Å²) in [6.45, 7) is 2.88. The molecule has 3 aliphatic rings. The molecule has 0 bridgehead atoms. The molecule has 1 atom stereocenters. The van der Waals surface area contributed by atoms with E-state index in [2.05, 4.69) is 42.3 Å². The van der Waals surface area contributed by atoms with Crippen molar-refractivity contribution in [2.24, 2.45) is 5.10 Å². The Hall–Kier alpha value is -2.58. The topological polar surface area (TPSA) is 71.4 Å². The highest BCUT2D eigenvalue weighted by molar-refractivity contribution is 7.88. The molecule has 164 valence electrons. The van der Waals surface area contributed by atoms with Crippen LogP contribution < -0.4 is 9.47 Å². The first-order valence-corrected chi connectivity index (χ1v) is 12.4. The molecule has 2 aromatic carbocycles. The summed E-state index contributed by atoms with van der Waals surface area (Å²) in [5.74, 6) is 1.45. The summed E-state index contributed by atoms with van der Waals surface area (Å²) in [7, 11) is -1.59. The third-order valence-electron chi connectivity index (χ3n) is 6.57. The molecule has 0 N–H and O–H groups in total. The summed E-state index contributed by atoms with van der Waals surface area (Å²) in [5, 5.41) is 7.13. The lowest BCUT2D eigenvalue weighted by Crippen LogP contribution is -2.59. The van der Waals surface area contributed by atoms with Crippen LogP contribution in [0.3, 0.4) is 0 Å². The van der Waals surface area contributed by atoms with Crippen molar-refractivity contribution in [3.63, 3.8) is 0 Å². The number of para-hydroxylation sites is 1.